The Morgan fingerprint density at radius 3 is 2.84 bits per heavy atom. The number of carbonyl (C=O) groups is 1. The minimum atomic E-state index is -0.364. The summed E-state index contributed by atoms with van der Waals surface area (Å²) in [6, 6.07) is 16.5. The number of nitrogens with zero attached hydrogens (tertiary/aromatic N) is 3. The van der Waals surface area contributed by atoms with Crippen LogP contribution in [0.2, 0.25) is 5.02 Å². The highest BCUT2D eigenvalue weighted by molar-refractivity contribution is 6.31. The minimum absolute atomic E-state index is 0.0524. The fourth-order valence-corrected chi connectivity index (χ4v) is 4.20. The number of aromatic nitrogens is 2. The van der Waals surface area contributed by atoms with Gasteiger partial charge in [-0.1, -0.05) is 23.7 Å². The summed E-state index contributed by atoms with van der Waals surface area (Å²) in [6.07, 6.45) is 4.37. The summed E-state index contributed by atoms with van der Waals surface area (Å²) < 4.78 is 13.5. The maximum atomic E-state index is 13.5. The zero-order chi connectivity index (χ0) is 22.1. The smallest absolute Gasteiger partial charge is 0.163 e. The van der Waals surface area contributed by atoms with Crippen molar-refractivity contribution in [3.8, 4) is 0 Å². The van der Waals surface area contributed by atoms with Gasteiger partial charge in [-0.25, -0.2) is 4.39 Å². The molecule has 0 bridgehead atoms. The lowest BCUT2D eigenvalue weighted by atomic mass is 9.99. The molecule has 0 N–H and O–H groups in total. The molecule has 4 nitrogen and oxygen atoms in total. The van der Waals surface area contributed by atoms with Crippen LogP contribution in [0.15, 0.2) is 72.0 Å². The third-order valence-corrected chi connectivity index (χ3v) is 5.88. The second-order valence-corrected chi connectivity index (χ2v) is 8.32. The summed E-state index contributed by atoms with van der Waals surface area (Å²) in [7, 11) is 0. The molecule has 0 amide bonds. The first-order valence-corrected chi connectivity index (χ1v) is 10.8. The molecule has 0 aliphatic carbocycles. The Morgan fingerprint density at radius 2 is 1.94 bits per heavy atom. The summed E-state index contributed by atoms with van der Waals surface area (Å²) in [4.78, 5) is 25.9. The Bertz CT molecular complexity index is 1380. The highest BCUT2D eigenvalue weighted by Gasteiger charge is 2.18. The first kappa shape index (κ1) is 20.5. The van der Waals surface area contributed by atoms with Crippen LogP contribution < -0.4 is 0 Å². The van der Waals surface area contributed by atoms with Gasteiger partial charge in [-0.3, -0.25) is 19.8 Å². The number of pyridine rings is 2. The molecule has 0 spiro atoms. The van der Waals surface area contributed by atoms with Gasteiger partial charge in [0.1, 0.15) is 5.82 Å². The van der Waals surface area contributed by atoms with Crippen LogP contribution in [0.3, 0.4) is 0 Å². The zero-order valence-electron chi connectivity index (χ0n) is 17.2. The van der Waals surface area contributed by atoms with Crippen molar-refractivity contribution >= 4 is 34.0 Å². The number of hydrogen-bond acceptors (Lipinski definition) is 4. The van der Waals surface area contributed by atoms with Gasteiger partial charge in [0.05, 0.1) is 18.3 Å². The molecule has 158 valence electrons. The van der Waals surface area contributed by atoms with E-state index in [1.165, 1.54) is 12.3 Å². The fraction of sp³-hybridized carbons (Fsp3) is 0.154. The van der Waals surface area contributed by atoms with Crippen LogP contribution in [-0.2, 0) is 13.0 Å². The number of benzene rings is 2. The van der Waals surface area contributed by atoms with E-state index in [4.69, 9.17) is 11.6 Å². The second-order valence-electron chi connectivity index (χ2n) is 7.88. The number of rotatable bonds is 6. The lowest BCUT2D eigenvalue weighted by molar-refractivity contribution is 0.0984. The van der Waals surface area contributed by atoms with E-state index in [0.717, 1.165) is 39.0 Å². The van der Waals surface area contributed by atoms with E-state index in [1.807, 2.05) is 42.5 Å². The molecular weight excluding hydrogens is 425 g/mol. The van der Waals surface area contributed by atoms with E-state index in [0.29, 0.717) is 36.4 Å². The molecular formula is C26H19ClFN3O. The molecule has 3 heterocycles. The molecule has 0 saturated heterocycles. The molecule has 2 aromatic heterocycles. The van der Waals surface area contributed by atoms with E-state index in [1.54, 1.807) is 12.3 Å². The molecule has 0 saturated carbocycles. The summed E-state index contributed by atoms with van der Waals surface area (Å²) in [5.41, 5.74) is 6.27. The van der Waals surface area contributed by atoms with Crippen molar-refractivity contribution in [3.05, 3.63) is 106 Å². The van der Waals surface area contributed by atoms with Gasteiger partial charge >= 0.3 is 0 Å². The standard InChI is InChI=1S/C26H19ClFN3O/c27-20-3-2-18-14-30-25(23(18)13-20)5-6-26(32)17-7-8-29-22(12-17)10-16-1-4-24-19(9-16)11-21(28)15-31-24/h1-4,7-9,11-13,15H,5-6,10,14H2. The van der Waals surface area contributed by atoms with Crippen LogP contribution in [0.5, 0.6) is 0 Å². The van der Waals surface area contributed by atoms with E-state index in [-0.39, 0.29) is 11.6 Å². The van der Waals surface area contributed by atoms with Crippen molar-refractivity contribution in [2.24, 2.45) is 4.99 Å². The van der Waals surface area contributed by atoms with Crippen molar-refractivity contribution in [1.29, 1.82) is 0 Å². The van der Waals surface area contributed by atoms with Gasteiger partial charge in [-0.05, 0) is 60.0 Å². The number of Topliss-reactive ketones (excluding diaryl/α,β-unsaturated/α-hetero) is 1. The lowest BCUT2D eigenvalue weighted by Crippen LogP contribution is -2.06. The third-order valence-electron chi connectivity index (χ3n) is 5.65. The quantitative estimate of drug-likeness (QED) is 0.344. The normalized spacial score (nSPS) is 12.6. The number of halogens is 2. The van der Waals surface area contributed by atoms with E-state index < -0.39 is 0 Å². The topological polar surface area (TPSA) is 55.2 Å². The first-order valence-electron chi connectivity index (χ1n) is 10.4. The molecule has 1 aliphatic heterocycles. The number of ketones is 1. The highest BCUT2D eigenvalue weighted by Crippen LogP contribution is 2.25. The van der Waals surface area contributed by atoms with Gasteiger partial charge in [-0.2, -0.15) is 0 Å². The van der Waals surface area contributed by atoms with Crippen LogP contribution in [0, 0.1) is 5.82 Å². The number of carbonyl (C=O) groups excluding carboxylic acids is 1. The molecule has 0 fully saturated rings. The first-order chi connectivity index (χ1) is 15.5. The number of fused-ring (bicyclic) bond motifs is 2. The number of aliphatic imine (C=N–C) groups is 1. The van der Waals surface area contributed by atoms with Gasteiger partial charge in [-0.15, -0.1) is 0 Å². The van der Waals surface area contributed by atoms with Crippen molar-refractivity contribution in [3.63, 3.8) is 0 Å². The Hall–Kier alpha value is -3.44. The van der Waals surface area contributed by atoms with Gasteiger partial charge in [0.15, 0.2) is 5.78 Å². The van der Waals surface area contributed by atoms with E-state index in [2.05, 4.69) is 15.0 Å². The summed E-state index contributed by atoms with van der Waals surface area (Å²) in [5, 5.41) is 1.42. The molecule has 4 aromatic rings. The van der Waals surface area contributed by atoms with Gasteiger partial charge in [0, 0.05) is 52.0 Å². The summed E-state index contributed by atoms with van der Waals surface area (Å²) >= 11 is 6.12. The van der Waals surface area contributed by atoms with Gasteiger partial charge in [0.25, 0.3) is 0 Å². The molecule has 0 radical (unpaired) electrons. The monoisotopic (exact) mass is 443 g/mol. The van der Waals surface area contributed by atoms with Crippen molar-refractivity contribution in [2.45, 2.75) is 25.8 Å². The predicted octanol–water partition coefficient (Wildman–Crippen LogP) is 5.98. The Balaban J connectivity index is 1.28. The summed E-state index contributed by atoms with van der Waals surface area (Å²) in [6.45, 7) is 0.639. The maximum Gasteiger partial charge on any atom is 0.163 e. The average molecular weight is 444 g/mol. The van der Waals surface area contributed by atoms with Crippen molar-refractivity contribution in [2.75, 3.05) is 0 Å². The predicted molar refractivity (Wildman–Crippen MR) is 124 cm³/mol. The average Bonchev–Trinajstić information content (AvgIpc) is 3.19. The second kappa shape index (κ2) is 8.60. The van der Waals surface area contributed by atoms with Crippen molar-refractivity contribution < 1.29 is 9.18 Å². The van der Waals surface area contributed by atoms with E-state index >= 15 is 0 Å². The van der Waals surface area contributed by atoms with Crippen LogP contribution in [-0.4, -0.2) is 21.5 Å². The van der Waals surface area contributed by atoms with Crippen LogP contribution in [0.4, 0.5) is 4.39 Å². The Morgan fingerprint density at radius 1 is 1.03 bits per heavy atom. The molecule has 0 atom stereocenters. The largest absolute Gasteiger partial charge is 0.294 e. The molecule has 6 heteroatoms. The Labute approximate surface area is 189 Å². The van der Waals surface area contributed by atoms with Crippen molar-refractivity contribution in [1.82, 2.24) is 9.97 Å². The maximum absolute atomic E-state index is 13.5. The summed E-state index contributed by atoms with van der Waals surface area (Å²) in [5.74, 6) is -0.311. The zero-order valence-corrected chi connectivity index (χ0v) is 17.9. The molecule has 0 unspecified atom stereocenters. The van der Waals surface area contributed by atoms with Crippen LogP contribution in [0.1, 0.15) is 45.6 Å². The third kappa shape index (κ3) is 4.30. The molecule has 1 aliphatic rings. The lowest BCUT2D eigenvalue weighted by Gasteiger charge is -2.07. The van der Waals surface area contributed by atoms with Crippen LogP contribution >= 0.6 is 11.6 Å². The minimum Gasteiger partial charge on any atom is -0.294 e. The SMILES string of the molecule is O=C(CCC1=NCc2ccc(Cl)cc21)c1ccnc(Cc2ccc3ncc(F)cc3c2)c1. The molecule has 5 rings (SSSR count). The van der Waals surface area contributed by atoms with Gasteiger partial charge < -0.3 is 0 Å². The van der Waals surface area contributed by atoms with Gasteiger partial charge in [0.2, 0.25) is 0 Å². The van der Waals surface area contributed by atoms with E-state index in [9.17, 15) is 9.18 Å². The molecule has 32 heavy (non-hydrogen) atoms. The molecule has 2 aromatic carbocycles. The van der Waals surface area contributed by atoms with Crippen LogP contribution in [0.25, 0.3) is 10.9 Å². The Kier molecular flexibility index (Phi) is 5.50. The number of hydrogen-bond donors (Lipinski definition) is 0. The highest BCUT2D eigenvalue weighted by atomic mass is 35.5. The fourth-order valence-electron chi connectivity index (χ4n) is 4.03.